The maximum atomic E-state index is 14.6. The number of carbonyl (C=O) groups excluding carboxylic acids is 1. The zero-order chi connectivity index (χ0) is 22.6. The maximum Gasteiger partial charge on any atom is 0.256 e. The highest BCUT2D eigenvalue weighted by Gasteiger charge is 2.29. The van der Waals surface area contributed by atoms with Crippen molar-refractivity contribution in [2.24, 2.45) is 5.92 Å². The predicted octanol–water partition coefficient (Wildman–Crippen LogP) is 2.57. The number of morpholine rings is 1. The molecule has 0 atom stereocenters. The molecule has 0 unspecified atom stereocenters. The standard InChI is InChI=1S/C23H34FN3O4S/c24-22-8-7-20(32(29,30)27-13-15-31-16-14-27)17-21(22)23(28)26-10-4-9-25(11-12-26)18-19-5-2-1-3-6-19/h7-8,17,19H,1-6,9-16,18H2. The molecule has 1 saturated carbocycles. The highest BCUT2D eigenvalue weighted by Crippen LogP contribution is 2.25. The lowest BCUT2D eigenvalue weighted by Crippen LogP contribution is -2.40. The largest absolute Gasteiger partial charge is 0.379 e. The lowest BCUT2D eigenvalue weighted by atomic mass is 9.89. The van der Waals surface area contributed by atoms with Gasteiger partial charge in [0.15, 0.2) is 0 Å². The molecular formula is C23H34FN3O4S. The van der Waals surface area contributed by atoms with Crippen molar-refractivity contribution in [3.8, 4) is 0 Å². The van der Waals surface area contributed by atoms with E-state index in [0.29, 0.717) is 26.3 Å². The Bertz CT molecular complexity index is 899. The number of ether oxygens (including phenoxy) is 1. The van der Waals surface area contributed by atoms with E-state index in [-0.39, 0.29) is 23.5 Å². The molecule has 0 spiro atoms. The van der Waals surface area contributed by atoms with E-state index in [2.05, 4.69) is 4.90 Å². The molecule has 7 nitrogen and oxygen atoms in total. The summed E-state index contributed by atoms with van der Waals surface area (Å²) in [5.74, 6) is -0.370. The second-order valence-corrected chi connectivity index (χ2v) is 11.0. The second kappa shape index (κ2) is 10.6. The molecular weight excluding hydrogens is 433 g/mol. The van der Waals surface area contributed by atoms with Crippen molar-refractivity contribution in [1.29, 1.82) is 0 Å². The molecule has 0 N–H and O–H groups in total. The fourth-order valence-electron chi connectivity index (χ4n) is 5.03. The minimum atomic E-state index is -3.79. The molecule has 4 rings (SSSR count). The number of rotatable bonds is 5. The molecule has 0 aromatic heterocycles. The van der Waals surface area contributed by atoms with Crippen molar-refractivity contribution < 1.29 is 22.3 Å². The molecule has 0 bridgehead atoms. The quantitative estimate of drug-likeness (QED) is 0.666. The number of halogens is 1. The van der Waals surface area contributed by atoms with Gasteiger partial charge in [-0.1, -0.05) is 19.3 Å². The van der Waals surface area contributed by atoms with E-state index < -0.39 is 21.7 Å². The molecule has 2 saturated heterocycles. The van der Waals surface area contributed by atoms with Crippen LogP contribution >= 0.6 is 0 Å². The normalized spacial score (nSPS) is 22.6. The third kappa shape index (κ3) is 5.50. The van der Waals surface area contributed by atoms with E-state index in [1.54, 1.807) is 4.90 Å². The average molecular weight is 468 g/mol. The smallest absolute Gasteiger partial charge is 0.256 e. The summed E-state index contributed by atoms with van der Waals surface area (Å²) in [5, 5.41) is 0. The minimum Gasteiger partial charge on any atom is -0.379 e. The van der Waals surface area contributed by atoms with Gasteiger partial charge in [0, 0.05) is 39.3 Å². The van der Waals surface area contributed by atoms with Crippen LogP contribution in [0.3, 0.4) is 0 Å². The highest BCUT2D eigenvalue weighted by atomic mass is 32.2. The molecule has 3 aliphatic rings. The maximum absolute atomic E-state index is 14.6. The number of sulfonamides is 1. The number of amides is 1. The van der Waals surface area contributed by atoms with Crippen molar-refractivity contribution in [3.63, 3.8) is 0 Å². The Labute approximate surface area is 190 Å². The van der Waals surface area contributed by atoms with Gasteiger partial charge in [-0.05, 0) is 49.9 Å². The van der Waals surface area contributed by atoms with Crippen molar-refractivity contribution in [2.45, 2.75) is 43.4 Å². The van der Waals surface area contributed by atoms with Crippen molar-refractivity contribution in [1.82, 2.24) is 14.1 Å². The first-order valence-electron chi connectivity index (χ1n) is 11.8. The van der Waals surface area contributed by atoms with Gasteiger partial charge in [-0.2, -0.15) is 4.31 Å². The Balaban J connectivity index is 1.44. The Morgan fingerprint density at radius 1 is 0.969 bits per heavy atom. The molecule has 2 aliphatic heterocycles. The van der Waals surface area contributed by atoms with Crippen molar-refractivity contribution in [3.05, 3.63) is 29.6 Å². The number of nitrogens with zero attached hydrogens (tertiary/aromatic N) is 3. The van der Waals surface area contributed by atoms with E-state index >= 15 is 0 Å². The van der Waals surface area contributed by atoms with Gasteiger partial charge in [-0.15, -0.1) is 0 Å². The number of carbonyl (C=O) groups is 1. The van der Waals surface area contributed by atoms with Gasteiger partial charge in [-0.25, -0.2) is 12.8 Å². The van der Waals surface area contributed by atoms with Crippen LogP contribution in [0.2, 0.25) is 0 Å². The van der Waals surface area contributed by atoms with Crippen LogP contribution in [-0.2, 0) is 14.8 Å². The molecule has 0 radical (unpaired) electrons. The molecule has 2 heterocycles. The Hall–Kier alpha value is -1.55. The van der Waals surface area contributed by atoms with Crippen LogP contribution in [0.25, 0.3) is 0 Å². The molecule has 1 amide bonds. The third-order valence-electron chi connectivity index (χ3n) is 6.89. The van der Waals surface area contributed by atoms with Crippen LogP contribution < -0.4 is 0 Å². The molecule has 178 valence electrons. The molecule has 3 fully saturated rings. The number of benzene rings is 1. The monoisotopic (exact) mass is 467 g/mol. The molecule has 1 aromatic carbocycles. The van der Waals surface area contributed by atoms with Gasteiger partial charge in [0.2, 0.25) is 10.0 Å². The first-order valence-corrected chi connectivity index (χ1v) is 13.3. The fourth-order valence-corrected chi connectivity index (χ4v) is 6.46. The Morgan fingerprint density at radius 3 is 2.47 bits per heavy atom. The van der Waals surface area contributed by atoms with Gasteiger partial charge in [0.1, 0.15) is 5.82 Å². The van der Waals surface area contributed by atoms with E-state index in [1.165, 1.54) is 48.5 Å². The van der Waals surface area contributed by atoms with Gasteiger partial charge in [0.05, 0.1) is 23.7 Å². The summed E-state index contributed by atoms with van der Waals surface area (Å²) in [5.41, 5.74) is -0.167. The van der Waals surface area contributed by atoms with E-state index in [0.717, 1.165) is 38.0 Å². The highest BCUT2D eigenvalue weighted by molar-refractivity contribution is 7.89. The lowest BCUT2D eigenvalue weighted by molar-refractivity contribution is 0.0729. The molecule has 9 heteroatoms. The summed E-state index contributed by atoms with van der Waals surface area (Å²) in [4.78, 5) is 17.2. The van der Waals surface area contributed by atoms with Gasteiger partial charge < -0.3 is 14.5 Å². The predicted molar refractivity (Wildman–Crippen MR) is 120 cm³/mol. The van der Waals surface area contributed by atoms with Crippen LogP contribution in [-0.4, -0.2) is 87.5 Å². The zero-order valence-electron chi connectivity index (χ0n) is 18.7. The third-order valence-corrected chi connectivity index (χ3v) is 8.79. The zero-order valence-corrected chi connectivity index (χ0v) is 19.5. The van der Waals surface area contributed by atoms with E-state index in [9.17, 15) is 17.6 Å². The summed E-state index contributed by atoms with van der Waals surface area (Å²) in [7, 11) is -3.79. The van der Waals surface area contributed by atoms with Crippen LogP contribution in [0.15, 0.2) is 23.1 Å². The molecule has 1 aliphatic carbocycles. The summed E-state index contributed by atoms with van der Waals surface area (Å²) in [6, 6.07) is 3.53. The first-order chi connectivity index (χ1) is 15.4. The molecule has 32 heavy (non-hydrogen) atoms. The summed E-state index contributed by atoms with van der Waals surface area (Å²) >= 11 is 0. The lowest BCUT2D eigenvalue weighted by Gasteiger charge is -2.29. The summed E-state index contributed by atoms with van der Waals surface area (Å²) in [6.07, 6.45) is 7.37. The number of hydrogen-bond donors (Lipinski definition) is 0. The van der Waals surface area contributed by atoms with Crippen LogP contribution in [0, 0.1) is 11.7 Å². The van der Waals surface area contributed by atoms with Crippen LogP contribution in [0.4, 0.5) is 4.39 Å². The summed E-state index contributed by atoms with van der Waals surface area (Å²) < 4.78 is 47.1. The first kappa shape index (κ1) is 23.6. The number of hydrogen-bond acceptors (Lipinski definition) is 5. The molecule has 1 aromatic rings. The summed E-state index contributed by atoms with van der Waals surface area (Å²) in [6.45, 7) is 5.05. The minimum absolute atomic E-state index is 0.0436. The second-order valence-electron chi connectivity index (χ2n) is 9.11. The van der Waals surface area contributed by atoms with Gasteiger partial charge in [-0.3, -0.25) is 4.79 Å². The SMILES string of the molecule is O=C(c1cc(S(=O)(=O)N2CCOCC2)ccc1F)N1CCCN(CC2CCCCC2)CC1. The van der Waals surface area contributed by atoms with Gasteiger partial charge in [0.25, 0.3) is 5.91 Å². The van der Waals surface area contributed by atoms with Crippen LogP contribution in [0.5, 0.6) is 0 Å². The topological polar surface area (TPSA) is 70.2 Å². The van der Waals surface area contributed by atoms with Crippen LogP contribution in [0.1, 0.15) is 48.9 Å². The fraction of sp³-hybridized carbons (Fsp3) is 0.696. The van der Waals surface area contributed by atoms with E-state index in [4.69, 9.17) is 4.74 Å². The van der Waals surface area contributed by atoms with E-state index in [1.807, 2.05) is 0 Å². The van der Waals surface area contributed by atoms with Crippen molar-refractivity contribution >= 4 is 15.9 Å². The Morgan fingerprint density at radius 2 is 1.72 bits per heavy atom. The Kier molecular flexibility index (Phi) is 7.81. The van der Waals surface area contributed by atoms with Crippen molar-refractivity contribution in [2.75, 3.05) is 59.0 Å². The average Bonchev–Trinajstić information content (AvgIpc) is 3.05. The van der Waals surface area contributed by atoms with Gasteiger partial charge >= 0.3 is 0 Å².